The van der Waals surface area contributed by atoms with E-state index in [9.17, 15) is 14.4 Å². The normalized spacial score (nSPS) is 18.9. The fraction of sp³-hybridized carbons (Fsp3) is 0.571. The number of benzene rings is 1. The van der Waals surface area contributed by atoms with E-state index in [4.69, 9.17) is 9.26 Å². The largest absolute Gasteiger partial charge is 0.524 e. The molecule has 1 aliphatic rings. The zero-order valence-electron chi connectivity index (χ0n) is 22.0. The van der Waals surface area contributed by atoms with Crippen molar-refractivity contribution in [1.29, 1.82) is 0 Å². The van der Waals surface area contributed by atoms with Gasteiger partial charge in [0.2, 0.25) is 0 Å². The third kappa shape index (κ3) is 9.09. The highest BCUT2D eigenvalue weighted by molar-refractivity contribution is 7.46. The van der Waals surface area contributed by atoms with E-state index in [0.29, 0.717) is 5.56 Å². The van der Waals surface area contributed by atoms with Gasteiger partial charge in [-0.3, -0.25) is 9.79 Å². The van der Waals surface area contributed by atoms with Gasteiger partial charge in [0.05, 0.1) is 0 Å². The summed E-state index contributed by atoms with van der Waals surface area (Å²) in [5, 5.41) is 0. The molecule has 34 heavy (non-hydrogen) atoms. The number of allylic oxidation sites excluding steroid dienone is 6. The van der Waals surface area contributed by atoms with E-state index in [0.717, 1.165) is 68.2 Å². The summed E-state index contributed by atoms with van der Waals surface area (Å²) in [5.41, 5.74) is 6.54. The SMILES string of the molecule is CC(C)=CCC/C(C)=C/CC/C(C)=C/CCC1(C)CCc2cc(OP(=O)(O)O)c(C)c(C)c2O1. The third-order valence-electron chi connectivity index (χ3n) is 6.65. The van der Waals surface area contributed by atoms with Crippen LogP contribution in [0.1, 0.15) is 96.3 Å². The molecule has 1 atom stereocenters. The zero-order valence-corrected chi connectivity index (χ0v) is 22.9. The van der Waals surface area contributed by atoms with Gasteiger partial charge >= 0.3 is 7.82 Å². The molecule has 0 fully saturated rings. The monoisotopic (exact) mass is 490 g/mol. The van der Waals surface area contributed by atoms with E-state index >= 15 is 0 Å². The van der Waals surface area contributed by atoms with Crippen LogP contribution in [0.5, 0.6) is 11.5 Å². The summed E-state index contributed by atoms with van der Waals surface area (Å²) in [7, 11) is -4.60. The Bertz CT molecular complexity index is 995. The van der Waals surface area contributed by atoms with E-state index in [2.05, 4.69) is 52.8 Å². The van der Waals surface area contributed by atoms with Crippen LogP contribution in [0.3, 0.4) is 0 Å². The molecular formula is C28H43O5P. The van der Waals surface area contributed by atoms with Gasteiger partial charge in [-0.15, -0.1) is 0 Å². The highest BCUT2D eigenvalue weighted by Gasteiger charge is 2.33. The lowest BCUT2D eigenvalue weighted by molar-refractivity contribution is 0.0561. The molecule has 6 heteroatoms. The Kier molecular flexibility index (Phi) is 10.2. The third-order valence-corrected chi connectivity index (χ3v) is 7.08. The molecule has 0 spiro atoms. The molecule has 1 heterocycles. The second-order valence-electron chi connectivity index (χ2n) is 10.2. The molecule has 1 unspecified atom stereocenters. The zero-order chi connectivity index (χ0) is 25.5. The highest BCUT2D eigenvalue weighted by Crippen LogP contribution is 2.46. The number of ether oxygens (including phenoxy) is 1. The van der Waals surface area contributed by atoms with Crippen LogP contribution in [0.4, 0.5) is 0 Å². The standard InChI is InChI=1S/C28H43O5P/c1-20(2)11-8-12-21(3)13-9-14-22(4)15-10-17-28(7)18-16-25-19-26(33-34(29,30)31)23(5)24(6)27(25)32-28/h11,13,15,19H,8-10,12,14,16-18H2,1-7H3,(H2,29,30,31)/b21-13+,22-15+. The van der Waals surface area contributed by atoms with Crippen molar-refractivity contribution in [2.45, 2.75) is 105 Å². The van der Waals surface area contributed by atoms with Crippen molar-refractivity contribution in [3.05, 3.63) is 57.7 Å². The highest BCUT2D eigenvalue weighted by atomic mass is 31.2. The lowest BCUT2D eigenvalue weighted by Gasteiger charge is -2.37. The first kappa shape index (κ1) is 28.4. The number of hydrogen-bond acceptors (Lipinski definition) is 3. The Morgan fingerprint density at radius 1 is 1.03 bits per heavy atom. The van der Waals surface area contributed by atoms with Gasteiger partial charge < -0.3 is 9.26 Å². The molecule has 0 saturated carbocycles. The Balaban J connectivity index is 1.92. The van der Waals surface area contributed by atoms with Crippen LogP contribution in [0.15, 0.2) is 41.0 Å². The minimum Gasteiger partial charge on any atom is -0.487 e. The van der Waals surface area contributed by atoms with E-state index < -0.39 is 7.82 Å². The van der Waals surface area contributed by atoms with Crippen molar-refractivity contribution in [2.75, 3.05) is 0 Å². The number of rotatable bonds is 11. The van der Waals surface area contributed by atoms with Gasteiger partial charge in [0.15, 0.2) is 0 Å². The molecule has 0 aromatic heterocycles. The number of fused-ring (bicyclic) bond motifs is 1. The average Bonchev–Trinajstić information content (AvgIpc) is 2.71. The Labute approximate surface area is 206 Å². The first-order valence-corrected chi connectivity index (χ1v) is 13.8. The lowest BCUT2D eigenvalue weighted by atomic mass is 9.87. The smallest absolute Gasteiger partial charge is 0.487 e. The summed E-state index contributed by atoms with van der Waals surface area (Å²) >= 11 is 0. The molecule has 5 nitrogen and oxygen atoms in total. The molecule has 0 radical (unpaired) electrons. The van der Waals surface area contributed by atoms with Gasteiger partial charge in [-0.05, 0) is 123 Å². The molecule has 0 bridgehead atoms. The molecule has 1 aromatic carbocycles. The maximum absolute atomic E-state index is 11.3. The molecule has 1 aliphatic heterocycles. The van der Waals surface area contributed by atoms with Crippen molar-refractivity contribution in [3.63, 3.8) is 0 Å². The number of hydrogen-bond donors (Lipinski definition) is 2. The van der Waals surface area contributed by atoms with Crippen LogP contribution in [-0.4, -0.2) is 15.4 Å². The van der Waals surface area contributed by atoms with Gasteiger partial charge in [0.1, 0.15) is 17.1 Å². The minimum atomic E-state index is -4.60. The van der Waals surface area contributed by atoms with Gasteiger partial charge in [0.25, 0.3) is 0 Å². The number of phosphoric ester groups is 1. The van der Waals surface area contributed by atoms with Gasteiger partial charge in [0, 0.05) is 0 Å². The first-order valence-electron chi connectivity index (χ1n) is 12.3. The summed E-state index contributed by atoms with van der Waals surface area (Å²) in [6.45, 7) is 14.6. The van der Waals surface area contributed by atoms with Gasteiger partial charge in [-0.25, -0.2) is 4.57 Å². The molecule has 2 N–H and O–H groups in total. The average molecular weight is 491 g/mol. The maximum atomic E-state index is 11.3. The molecule has 2 rings (SSSR count). The number of aryl methyl sites for hydroxylation is 1. The van der Waals surface area contributed by atoms with E-state index in [1.165, 1.54) is 16.7 Å². The quantitative estimate of drug-likeness (QED) is 0.242. The molecule has 0 amide bonds. The second-order valence-corrected chi connectivity index (χ2v) is 11.4. The van der Waals surface area contributed by atoms with Crippen molar-refractivity contribution in [1.82, 2.24) is 0 Å². The Morgan fingerprint density at radius 2 is 1.62 bits per heavy atom. The predicted molar refractivity (Wildman–Crippen MR) is 141 cm³/mol. The van der Waals surface area contributed by atoms with Crippen LogP contribution in [-0.2, 0) is 11.0 Å². The molecule has 0 saturated heterocycles. The van der Waals surface area contributed by atoms with Gasteiger partial charge in [-0.1, -0.05) is 34.9 Å². The van der Waals surface area contributed by atoms with E-state index in [-0.39, 0.29) is 11.4 Å². The van der Waals surface area contributed by atoms with Crippen molar-refractivity contribution < 1.29 is 23.6 Å². The topological polar surface area (TPSA) is 76.0 Å². The lowest BCUT2D eigenvalue weighted by Crippen LogP contribution is -2.36. The summed E-state index contributed by atoms with van der Waals surface area (Å²) in [6.07, 6.45) is 15.0. The molecular weight excluding hydrogens is 447 g/mol. The van der Waals surface area contributed by atoms with Crippen LogP contribution < -0.4 is 9.26 Å². The maximum Gasteiger partial charge on any atom is 0.524 e. The molecule has 190 valence electrons. The van der Waals surface area contributed by atoms with Crippen molar-refractivity contribution in [2.24, 2.45) is 0 Å². The summed E-state index contributed by atoms with van der Waals surface area (Å²) in [5.74, 6) is 1.07. The first-order chi connectivity index (χ1) is 15.8. The van der Waals surface area contributed by atoms with Crippen LogP contribution in [0.25, 0.3) is 0 Å². The van der Waals surface area contributed by atoms with Crippen molar-refractivity contribution >= 4 is 7.82 Å². The number of phosphoric acid groups is 1. The molecule has 0 aliphatic carbocycles. The predicted octanol–water partition coefficient (Wildman–Crippen LogP) is 8.06. The van der Waals surface area contributed by atoms with Crippen LogP contribution >= 0.6 is 7.82 Å². The summed E-state index contributed by atoms with van der Waals surface area (Å²) in [4.78, 5) is 18.4. The fourth-order valence-electron chi connectivity index (χ4n) is 4.31. The summed E-state index contributed by atoms with van der Waals surface area (Å²) in [6, 6.07) is 1.72. The minimum absolute atomic E-state index is 0.233. The Hall–Kier alpha value is -1.81. The fourth-order valence-corrected chi connectivity index (χ4v) is 4.76. The Morgan fingerprint density at radius 3 is 2.21 bits per heavy atom. The summed E-state index contributed by atoms with van der Waals surface area (Å²) < 4.78 is 22.7. The van der Waals surface area contributed by atoms with Gasteiger partial charge in [-0.2, -0.15) is 0 Å². The van der Waals surface area contributed by atoms with Crippen LogP contribution in [0, 0.1) is 13.8 Å². The van der Waals surface area contributed by atoms with E-state index in [1.54, 1.807) is 13.0 Å². The molecule has 1 aromatic rings. The van der Waals surface area contributed by atoms with Crippen LogP contribution in [0.2, 0.25) is 0 Å². The van der Waals surface area contributed by atoms with Crippen molar-refractivity contribution in [3.8, 4) is 11.5 Å². The van der Waals surface area contributed by atoms with E-state index in [1.807, 2.05) is 6.92 Å². The second kappa shape index (κ2) is 12.2.